The first-order valence-corrected chi connectivity index (χ1v) is 7.00. The zero-order valence-electron chi connectivity index (χ0n) is 12.2. The third kappa shape index (κ3) is 5.15. The highest BCUT2D eigenvalue weighted by Crippen LogP contribution is 2.32. The number of aromatic nitrogens is 1. The Morgan fingerprint density at radius 2 is 1.84 bits per heavy atom. The van der Waals surface area contributed by atoms with Gasteiger partial charge in [-0.05, 0) is 30.3 Å². The van der Waals surface area contributed by atoms with Crippen LogP contribution in [0, 0.1) is 5.82 Å². The molecule has 25 heavy (non-hydrogen) atoms. The third-order valence-corrected chi connectivity index (χ3v) is 3.13. The van der Waals surface area contributed by atoms with Crippen LogP contribution < -0.4 is 5.32 Å². The molecule has 0 spiro atoms. The molecular formula is C15H9ClF4N2O3. The van der Waals surface area contributed by atoms with Crippen molar-refractivity contribution in [2.45, 2.75) is 6.18 Å². The number of halogens is 5. The highest BCUT2D eigenvalue weighted by atomic mass is 35.5. The Morgan fingerprint density at radius 3 is 2.40 bits per heavy atom. The molecule has 0 aliphatic carbocycles. The van der Waals surface area contributed by atoms with E-state index in [0.29, 0.717) is 12.3 Å². The van der Waals surface area contributed by atoms with Gasteiger partial charge in [0.2, 0.25) is 0 Å². The van der Waals surface area contributed by atoms with Crippen molar-refractivity contribution in [1.82, 2.24) is 4.98 Å². The molecule has 0 bridgehead atoms. The Kier molecular flexibility index (Phi) is 5.58. The molecular weight excluding hydrogens is 368 g/mol. The fourth-order valence-corrected chi connectivity index (χ4v) is 1.87. The van der Waals surface area contributed by atoms with Gasteiger partial charge in [0.05, 0.1) is 16.1 Å². The predicted octanol–water partition coefficient (Wildman–Crippen LogP) is 3.69. The van der Waals surface area contributed by atoms with Gasteiger partial charge in [0.15, 0.2) is 12.4 Å². The normalized spacial score (nSPS) is 11.1. The number of anilines is 1. The van der Waals surface area contributed by atoms with Crippen LogP contribution in [0.4, 0.5) is 23.4 Å². The van der Waals surface area contributed by atoms with Crippen molar-refractivity contribution >= 4 is 29.3 Å². The van der Waals surface area contributed by atoms with E-state index in [2.05, 4.69) is 10.3 Å². The summed E-state index contributed by atoms with van der Waals surface area (Å²) in [4.78, 5) is 26.7. The van der Waals surface area contributed by atoms with Gasteiger partial charge in [-0.2, -0.15) is 13.2 Å². The monoisotopic (exact) mass is 376 g/mol. The third-order valence-electron chi connectivity index (χ3n) is 2.84. The van der Waals surface area contributed by atoms with Gasteiger partial charge < -0.3 is 10.1 Å². The van der Waals surface area contributed by atoms with Crippen molar-refractivity contribution in [3.8, 4) is 0 Å². The SMILES string of the molecule is O=C(COC(=O)c1ccc(F)cc1)Nc1ncc(C(F)(F)F)cc1Cl. The Bertz CT molecular complexity index is 794. The largest absolute Gasteiger partial charge is 0.452 e. The Balaban J connectivity index is 1.94. The number of carbonyl (C=O) groups is 2. The van der Waals surface area contributed by atoms with Gasteiger partial charge in [-0.3, -0.25) is 4.79 Å². The fourth-order valence-electron chi connectivity index (χ4n) is 1.65. The molecule has 1 amide bonds. The second kappa shape index (κ2) is 7.47. The van der Waals surface area contributed by atoms with Gasteiger partial charge in [-0.1, -0.05) is 11.6 Å². The number of pyridine rings is 1. The van der Waals surface area contributed by atoms with E-state index in [1.165, 1.54) is 12.1 Å². The smallest absolute Gasteiger partial charge is 0.417 e. The Labute approximate surface area is 143 Å². The maximum absolute atomic E-state index is 12.7. The lowest BCUT2D eigenvalue weighted by molar-refractivity contribution is -0.137. The van der Waals surface area contributed by atoms with E-state index in [4.69, 9.17) is 16.3 Å². The molecule has 132 valence electrons. The van der Waals surface area contributed by atoms with Crippen LogP contribution in [0.5, 0.6) is 0 Å². The molecule has 2 aromatic rings. The van der Waals surface area contributed by atoms with Crippen LogP contribution in [-0.4, -0.2) is 23.5 Å². The second-order valence-electron chi connectivity index (χ2n) is 4.68. The van der Waals surface area contributed by atoms with E-state index in [0.717, 1.165) is 12.1 Å². The average molecular weight is 377 g/mol. The zero-order chi connectivity index (χ0) is 18.6. The van der Waals surface area contributed by atoms with Gasteiger partial charge in [-0.25, -0.2) is 14.2 Å². The van der Waals surface area contributed by atoms with E-state index >= 15 is 0 Å². The number of esters is 1. The molecule has 0 aliphatic rings. The zero-order valence-corrected chi connectivity index (χ0v) is 13.0. The topological polar surface area (TPSA) is 68.3 Å². The first-order valence-electron chi connectivity index (χ1n) is 6.62. The number of benzene rings is 1. The number of amides is 1. The van der Waals surface area contributed by atoms with Crippen molar-refractivity contribution in [3.05, 3.63) is 58.5 Å². The molecule has 5 nitrogen and oxygen atoms in total. The summed E-state index contributed by atoms with van der Waals surface area (Å²) < 4.78 is 54.9. The summed E-state index contributed by atoms with van der Waals surface area (Å²) in [5.41, 5.74) is -1.04. The van der Waals surface area contributed by atoms with Crippen LogP contribution in [0.3, 0.4) is 0 Å². The lowest BCUT2D eigenvalue weighted by Crippen LogP contribution is -2.22. The molecule has 0 fully saturated rings. The van der Waals surface area contributed by atoms with Crippen LogP contribution >= 0.6 is 11.6 Å². The lowest BCUT2D eigenvalue weighted by atomic mass is 10.2. The minimum Gasteiger partial charge on any atom is -0.452 e. The Hall–Kier alpha value is -2.68. The number of nitrogens with zero attached hydrogens (tertiary/aromatic N) is 1. The van der Waals surface area contributed by atoms with Gasteiger partial charge in [0.25, 0.3) is 5.91 Å². The number of alkyl halides is 3. The molecule has 1 aromatic heterocycles. The van der Waals surface area contributed by atoms with Crippen molar-refractivity contribution in [2.24, 2.45) is 0 Å². The van der Waals surface area contributed by atoms with Gasteiger partial charge in [-0.15, -0.1) is 0 Å². The summed E-state index contributed by atoms with van der Waals surface area (Å²) in [6, 6.07) is 5.04. The van der Waals surface area contributed by atoms with E-state index in [9.17, 15) is 27.2 Å². The standard InChI is InChI=1S/C15H9ClF4N2O3/c16-11-5-9(15(18,19)20)6-21-13(11)22-12(23)7-25-14(24)8-1-3-10(17)4-2-8/h1-6H,7H2,(H,21,22,23). The summed E-state index contributed by atoms with van der Waals surface area (Å²) in [5, 5.41) is 1.70. The van der Waals surface area contributed by atoms with Gasteiger partial charge >= 0.3 is 12.1 Å². The molecule has 0 unspecified atom stereocenters. The molecule has 0 atom stereocenters. The highest BCUT2D eigenvalue weighted by molar-refractivity contribution is 6.33. The molecule has 0 saturated heterocycles. The number of nitrogens with one attached hydrogen (secondary N) is 1. The summed E-state index contributed by atoms with van der Waals surface area (Å²) in [7, 11) is 0. The first-order chi connectivity index (χ1) is 11.7. The molecule has 0 aliphatic heterocycles. The molecule has 1 heterocycles. The minimum absolute atomic E-state index is 0.0277. The Morgan fingerprint density at radius 1 is 1.20 bits per heavy atom. The lowest BCUT2D eigenvalue weighted by Gasteiger charge is -2.10. The van der Waals surface area contributed by atoms with E-state index < -0.39 is 41.1 Å². The number of hydrogen-bond acceptors (Lipinski definition) is 4. The van der Waals surface area contributed by atoms with E-state index in [-0.39, 0.29) is 11.4 Å². The van der Waals surface area contributed by atoms with Crippen LogP contribution in [0.25, 0.3) is 0 Å². The van der Waals surface area contributed by atoms with Crippen molar-refractivity contribution in [3.63, 3.8) is 0 Å². The number of carbonyl (C=O) groups excluding carboxylic acids is 2. The maximum atomic E-state index is 12.7. The maximum Gasteiger partial charge on any atom is 0.417 e. The molecule has 1 aromatic carbocycles. The second-order valence-corrected chi connectivity index (χ2v) is 5.09. The molecule has 1 N–H and O–H groups in total. The van der Waals surface area contributed by atoms with Gasteiger partial charge in [0.1, 0.15) is 5.82 Å². The van der Waals surface area contributed by atoms with Crippen LogP contribution in [0.15, 0.2) is 36.5 Å². The average Bonchev–Trinajstić information content (AvgIpc) is 2.54. The van der Waals surface area contributed by atoms with Crippen molar-refractivity contribution in [1.29, 1.82) is 0 Å². The minimum atomic E-state index is -4.62. The number of ether oxygens (including phenoxy) is 1. The van der Waals surface area contributed by atoms with E-state index in [1.54, 1.807) is 0 Å². The highest BCUT2D eigenvalue weighted by Gasteiger charge is 2.31. The van der Waals surface area contributed by atoms with Gasteiger partial charge in [0, 0.05) is 6.20 Å². The predicted molar refractivity (Wildman–Crippen MR) is 79.6 cm³/mol. The summed E-state index contributed by atoms with van der Waals surface area (Å²) in [5.74, 6) is -2.58. The summed E-state index contributed by atoms with van der Waals surface area (Å²) >= 11 is 5.63. The van der Waals surface area contributed by atoms with Crippen molar-refractivity contribution < 1.29 is 31.9 Å². The summed E-state index contributed by atoms with van der Waals surface area (Å²) in [6.07, 6.45) is -4.12. The summed E-state index contributed by atoms with van der Waals surface area (Å²) in [6.45, 7) is -0.727. The quantitative estimate of drug-likeness (QED) is 0.653. The van der Waals surface area contributed by atoms with Crippen LogP contribution in [0.2, 0.25) is 5.02 Å². The molecule has 0 saturated carbocycles. The van der Waals surface area contributed by atoms with Crippen molar-refractivity contribution in [2.75, 3.05) is 11.9 Å². The fraction of sp³-hybridized carbons (Fsp3) is 0.133. The van der Waals surface area contributed by atoms with Crippen LogP contribution in [0.1, 0.15) is 15.9 Å². The molecule has 10 heteroatoms. The number of hydrogen-bond donors (Lipinski definition) is 1. The first kappa shape index (κ1) is 18.7. The van der Waals surface area contributed by atoms with Crippen LogP contribution in [-0.2, 0) is 15.7 Å². The molecule has 0 radical (unpaired) electrons. The molecule has 2 rings (SSSR count). The number of rotatable bonds is 4. The van der Waals surface area contributed by atoms with E-state index in [1.807, 2.05) is 0 Å².